The Morgan fingerprint density at radius 2 is 2.04 bits per heavy atom. The third-order valence-electron chi connectivity index (χ3n) is 3.80. The highest BCUT2D eigenvalue weighted by Gasteiger charge is 2.15. The number of hydrogen-bond donors (Lipinski definition) is 0. The molecule has 2 aromatic heterocycles. The summed E-state index contributed by atoms with van der Waals surface area (Å²) in [5.41, 5.74) is 1.15. The first-order valence-corrected chi connectivity index (χ1v) is 8.46. The number of para-hydroxylation sites is 1. The number of carbonyl (C=O) groups is 1. The van der Waals surface area contributed by atoms with Crippen molar-refractivity contribution in [2.24, 2.45) is 0 Å². The van der Waals surface area contributed by atoms with Crippen molar-refractivity contribution in [1.29, 1.82) is 0 Å². The molecule has 8 heteroatoms. The second kappa shape index (κ2) is 8.31. The Kier molecular flexibility index (Phi) is 5.65. The molecule has 0 bridgehead atoms. The number of hydrogen-bond acceptors (Lipinski definition) is 7. The van der Waals surface area contributed by atoms with Gasteiger partial charge in [-0.1, -0.05) is 24.2 Å². The SMILES string of the molecule is CCCn1nc(C(=O)OCc2cc(-c3ccccc3OC)no2)ccc1=O. The molecule has 0 spiro atoms. The second-order valence-electron chi connectivity index (χ2n) is 5.73. The largest absolute Gasteiger partial charge is 0.496 e. The molecule has 2 heterocycles. The Hall–Kier alpha value is -3.42. The molecule has 0 radical (unpaired) electrons. The van der Waals surface area contributed by atoms with Gasteiger partial charge in [0.25, 0.3) is 5.56 Å². The van der Waals surface area contributed by atoms with Crippen LogP contribution in [0, 0.1) is 0 Å². The van der Waals surface area contributed by atoms with Crippen LogP contribution >= 0.6 is 0 Å². The van der Waals surface area contributed by atoms with E-state index in [-0.39, 0.29) is 17.9 Å². The zero-order chi connectivity index (χ0) is 19.2. The van der Waals surface area contributed by atoms with E-state index < -0.39 is 5.97 Å². The summed E-state index contributed by atoms with van der Waals surface area (Å²) in [6, 6.07) is 11.7. The van der Waals surface area contributed by atoms with E-state index in [4.69, 9.17) is 14.0 Å². The van der Waals surface area contributed by atoms with Crippen LogP contribution < -0.4 is 10.3 Å². The van der Waals surface area contributed by atoms with Crippen molar-refractivity contribution in [2.75, 3.05) is 7.11 Å². The number of aryl methyl sites for hydroxylation is 1. The summed E-state index contributed by atoms with van der Waals surface area (Å²) in [4.78, 5) is 23.8. The Morgan fingerprint density at radius 3 is 2.81 bits per heavy atom. The van der Waals surface area contributed by atoms with E-state index in [0.29, 0.717) is 23.7 Å². The number of esters is 1. The van der Waals surface area contributed by atoms with E-state index in [1.165, 1.54) is 16.8 Å². The minimum Gasteiger partial charge on any atom is -0.496 e. The monoisotopic (exact) mass is 369 g/mol. The van der Waals surface area contributed by atoms with E-state index in [1.54, 1.807) is 13.2 Å². The van der Waals surface area contributed by atoms with Gasteiger partial charge in [-0.15, -0.1) is 0 Å². The second-order valence-corrected chi connectivity index (χ2v) is 5.73. The molecule has 0 aliphatic heterocycles. The Bertz CT molecular complexity index is 993. The van der Waals surface area contributed by atoms with Crippen molar-refractivity contribution >= 4 is 5.97 Å². The average molecular weight is 369 g/mol. The number of aromatic nitrogens is 3. The van der Waals surface area contributed by atoms with Gasteiger partial charge in [0.1, 0.15) is 11.4 Å². The molecule has 27 heavy (non-hydrogen) atoms. The van der Waals surface area contributed by atoms with Gasteiger partial charge < -0.3 is 14.0 Å². The highest BCUT2D eigenvalue weighted by Crippen LogP contribution is 2.29. The van der Waals surface area contributed by atoms with Crippen molar-refractivity contribution in [3.05, 3.63) is 64.3 Å². The standard InChI is InChI=1S/C19H19N3O5/c1-3-10-22-18(23)9-8-15(20-22)19(24)26-12-13-11-16(21-27-13)14-6-4-5-7-17(14)25-2/h4-9,11H,3,10,12H2,1-2H3. The molecule has 0 aliphatic rings. The normalized spacial score (nSPS) is 10.6. The van der Waals surface area contributed by atoms with Gasteiger partial charge in [-0.2, -0.15) is 5.10 Å². The molecule has 0 amide bonds. The van der Waals surface area contributed by atoms with Crippen molar-refractivity contribution in [3.63, 3.8) is 0 Å². The number of methoxy groups -OCH3 is 1. The molecule has 0 saturated carbocycles. The number of carbonyl (C=O) groups excluding carboxylic acids is 1. The summed E-state index contributed by atoms with van der Waals surface area (Å²) in [5, 5.41) is 8.00. The molecule has 3 aromatic rings. The summed E-state index contributed by atoms with van der Waals surface area (Å²) in [7, 11) is 1.58. The zero-order valence-electron chi connectivity index (χ0n) is 15.0. The molecule has 3 rings (SSSR count). The average Bonchev–Trinajstić information content (AvgIpc) is 3.16. The van der Waals surface area contributed by atoms with Crippen LogP contribution in [0.25, 0.3) is 11.3 Å². The van der Waals surface area contributed by atoms with Crippen LogP contribution in [0.5, 0.6) is 5.75 Å². The topological polar surface area (TPSA) is 96.5 Å². The van der Waals surface area contributed by atoms with Crippen LogP contribution in [-0.4, -0.2) is 28.0 Å². The molecule has 0 unspecified atom stereocenters. The molecule has 0 N–H and O–H groups in total. The molecule has 0 atom stereocenters. The van der Waals surface area contributed by atoms with Crippen molar-refractivity contribution in [3.8, 4) is 17.0 Å². The molecule has 8 nitrogen and oxygen atoms in total. The number of nitrogens with zero attached hydrogens (tertiary/aromatic N) is 3. The maximum absolute atomic E-state index is 12.2. The van der Waals surface area contributed by atoms with Gasteiger partial charge in [0, 0.05) is 24.2 Å². The van der Waals surface area contributed by atoms with Crippen LogP contribution in [0.15, 0.2) is 51.8 Å². The summed E-state index contributed by atoms with van der Waals surface area (Å²) >= 11 is 0. The van der Waals surface area contributed by atoms with Gasteiger partial charge in [0.15, 0.2) is 18.1 Å². The third-order valence-corrected chi connectivity index (χ3v) is 3.80. The predicted molar refractivity (Wildman–Crippen MR) is 96.4 cm³/mol. The smallest absolute Gasteiger partial charge is 0.359 e. The van der Waals surface area contributed by atoms with Gasteiger partial charge >= 0.3 is 5.97 Å². The van der Waals surface area contributed by atoms with Gasteiger partial charge in [-0.25, -0.2) is 9.48 Å². The van der Waals surface area contributed by atoms with E-state index in [9.17, 15) is 9.59 Å². The molecule has 1 aromatic carbocycles. The van der Waals surface area contributed by atoms with Crippen LogP contribution in [-0.2, 0) is 17.9 Å². The lowest BCUT2D eigenvalue weighted by Gasteiger charge is -2.05. The first kappa shape index (κ1) is 18.4. The number of benzene rings is 1. The van der Waals surface area contributed by atoms with Crippen molar-refractivity contribution in [1.82, 2.24) is 14.9 Å². The minimum atomic E-state index is -0.643. The highest BCUT2D eigenvalue weighted by atomic mass is 16.5. The fourth-order valence-corrected chi connectivity index (χ4v) is 2.50. The van der Waals surface area contributed by atoms with Crippen LogP contribution in [0.1, 0.15) is 29.6 Å². The van der Waals surface area contributed by atoms with E-state index >= 15 is 0 Å². The van der Waals surface area contributed by atoms with Gasteiger partial charge in [0.05, 0.1) is 7.11 Å². The lowest BCUT2D eigenvalue weighted by atomic mass is 10.1. The van der Waals surface area contributed by atoms with Crippen LogP contribution in [0.4, 0.5) is 0 Å². The van der Waals surface area contributed by atoms with Gasteiger partial charge in [0.2, 0.25) is 0 Å². The molecule has 0 aliphatic carbocycles. The van der Waals surface area contributed by atoms with E-state index in [1.807, 2.05) is 31.2 Å². The number of ether oxygens (including phenoxy) is 2. The van der Waals surface area contributed by atoms with Crippen LogP contribution in [0.3, 0.4) is 0 Å². The Morgan fingerprint density at radius 1 is 1.22 bits per heavy atom. The van der Waals surface area contributed by atoms with Crippen LogP contribution in [0.2, 0.25) is 0 Å². The van der Waals surface area contributed by atoms with Gasteiger partial charge in [-0.05, 0) is 24.6 Å². The summed E-state index contributed by atoms with van der Waals surface area (Å²) in [6.45, 7) is 2.25. The van der Waals surface area contributed by atoms with E-state index in [2.05, 4.69) is 10.3 Å². The van der Waals surface area contributed by atoms with Crippen molar-refractivity contribution < 1.29 is 18.8 Å². The molecular formula is C19H19N3O5. The first-order chi connectivity index (χ1) is 13.1. The van der Waals surface area contributed by atoms with Gasteiger partial charge in [-0.3, -0.25) is 4.79 Å². The highest BCUT2D eigenvalue weighted by molar-refractivity contribution is 5.86. The summed E-state index contributed by atoms with van der Waals surface area (Å²) < 4.78 is 17.0. The molecule has 0 fully saturated rings. The fourth-order valence-electron chi connectivity index (χ4n) is 2.50. The van der Waals surface area contributed by atoms with Crippen molar-refractivity contribution in [2.45, 2.75) is 26.5 Å². The molecular weight excluding hydrogens is 350 g/mol. The predicted octanol–water partition coefficient (Wildman–Crippen LogP) is 2.67. The Balaban J connectivity index is 1.69. The Labute approximate surface area is 155 Å². The maximum atomic E-state index is 12.2. The minimum absolute atomic E-state index is 0.0625. The lowest BCUT2D eigenvalue weighted by Crippen LogP contribution is -2.24. The quantitative estimate of drug-likeness (QED) is 0.591. The molecule has 0 saturated heterocycles. The zero-order valence-corrected chi connectivity index (χ0v) is 15.0. The lowest BCUT2D eigenvalue weighted by molar-refractivity contribution is 0.0427. The first-order valence-electron chi connectivity index (χ1n) is 8.46. The van der Waals surface area contributed by atoms with E-state index in [0.717, 1.165) is 12.0 Å². The molecule has 140 valence electrons. The summed E-state index contributed by atoms with van der Waals surface area (Å²) in [5.74, 6) is 0.401. The summed E-state index contributed by atoms with van der Waals surface area (Å²) in [6.07, 6.45) is 0.731. The maximum Gasteiger partial charge on any atom is 0.359 e. The number of rotatable bonds is 7. The fraction of sp³-hybridized carbons (Fsp3) is 0.263. The third kappa shape index (κ3) is 4.22.